The highest BCUT2D eigenvalue weighted by Gasteiger charge is 2.21. The number of carbonyl (C=O) groups is 1. The Bertz CT molecular complexity index is 465. The van der Waals surface area contributed by atoms with Crippen LogP contribution in [0.25, 0.3) is 0 Å². The molecule has 0 unspecified atom stereocenters. The Kier molecular flexibility index (Phi) is 3.08. The lowest BCUT2D eigenvalue weighted by atomic mass is 10.1. The summed E-state index contributed by atoms with van der Waals surface area (Å²) in [5, 5.41) is 10.8. The zero-order valence-corrected chi connectivity index (χ0v) is 9.68. The minimum atomic E-state index is -0.448. The molecule has 90 valence electrons. The molecule has 1 aliphatic rings. The van der Waals surface area contributed by atoms with Gasteiger partial charge in [-0.05, 0) is 25.8 Å². The number of hydrogen-bond acceptors (Lipinski definition) is 3. The minimum Gasteiger partial charge on any atom is -0.339 e. The Morgan fingerprint density at radius 1 is 1.35 bits per heavy atom. The van der Waals surface area contributed by atoms with E-state index in [0.29, 0.717) is 11.1 Å². The van der Waals surface area contributed by atoms with Gasteiger partial charge >= 0.3 is 0 Å². The quantitative estimate of drug-likeness (QED) is 0.581. The molecule has 0 spiro atoms. The maximum Gasteiger partial charge on any atom is 0.273 e. The van der Waals surface area contributed by atoms with E-state index in [9.17, 15) is 14.9 Å². The summed E-state index contributed by atoms with van der Waals surface area (Å²) >= 11 is 0. The molecule has 1 heterocycles. The van der Waals surface area contributed by atoms with E-state index in [4.69, 9.17) is 0 Å². The van der Waals surface area contributed by atoms with Crippen molar-refractivity contribution < 1.29 is 9.72 Å². The molecule has 0 radical (unpaired) electrons. The van der Waals surface area contributed by atoms with Crippen LogP contribution in [0.4, 0.5) is 5.69 Å². The van der Waals surface area contributed by atoms with Crippen molar-refractivity contribution in [3.05, 3.63) is 39.4 Å². The number of likely N-dealkylation sites (tertiary alicyclic amines) is 1. The molecule has 1 fully saturated rings. The van der Waals surface area contributed by atoms with Crippen LogP contribution in [0, 0.1) is 17.0 Å². The molecule has 0 N–H and O–H groups in total. The number of amides is 1. The van der Waals surface area contributed by atoms with Crippen molar-refractivity contribution in [2.24, 2.45) is 0 Å². The highest BCUT2D eigenvalue weighted by molar-refractivity contribution is 5.95. The van der Waals surface area contributed by atoms with Crippen molar-refractivity contribution in [3.8, 4) is 0 Å². The predicted octanol–water partition coefficient (Wildman–Crippen LogP) is 2.14. The van der Waals surface area contributed by atoms with Gasteiger partial charge in [0.2, 0.25) is 0 Å². The van der Waals surface area contributed by atoms with Crippen molar-refractivity contribution in [1.29, 1.82) is 0 Å². The lowest BCUT2D eigenvalue weighted by Gasteiger charge is -2.15. The monoisotopic (exact) mass is 234 g/mol. The highest BCUT2D eigenvalue weighted by Crippen LogP contribution is 2.21. The zero-order valence-electron chi connectivity index (χ0n) is 9.68. The fraction of sp³-hybridized carbons (Fsp3) is 0.417. The maximum atomic E-state index is 12.0. The van der Waals surface area contributed by atoms with E-state index in [1.54, 1.807) is 24.0 Å². The average Bonchev–Trinajstić information content (AvgIpc) is 2.81. The molecule has 17 heavy (non-hydrogen) atoms. The van der Waals surface area contributed by atoms with Gasteiger partial charge in [0, 0.05) is 30.3 Å². The number of hydrogen-bond donors (Lipinski definition) is 0. The number of carbonyl (C=O) groups excluding carboxylic acids is 1. The molecule has 2 rings (SSSR count). The summed E-state index contributed by atoms with van der Waals surface area (Å²) in [7, 11) is 0. The second kappa shape index (κ2) is 4.53. The van der Waals surface area contributed by atoms with Crippen LogP contribution < -0.4 is 0 Å². The van der Waals surface area contributed by atoms with E-state index >= 15 is 0 Å². The van der Waals surface area contributed by atoms with Crippen LogP contribution in [0.15, 0.2) is 18.2 Å². The first-order chi connectivity index (χ1) is 8.09. The number of aryl methyl sites for hydroxylation is 1. The van der Waals surface area contributed by atoms with Crippen molar-refractivity contribution in [3.63, 3.8) is 0 Å². The van der Waals surface area contributed by atoms with Crippen molar-refractivity contribution in [2.45, 2.75) is 19.8 Å². The average molecular weight is 234 g/mol. The molecule has 1 saturated heterocycles. The van der Waals surface area contributed by atoms with E-state index < -0.39 is 4.92 Å². The van der Waals surface area contributed by atoms with Gasteiger partial charge in [0.15, 0.2) is 0 Å². The fourth-order valence-corrected chi connectivity index (χ4v) is 2.04. The standard InChI is InChI=1S/C12H14N2O3/c1-9-4-5-10(8-11(9)14(16)17)12(15)13-6-2-3-7-13/h4-5,8H,2-3,6-7H2,1H3. The first kappa shape index (κ1) is 11.6. The first-order valence-electron chi connectivity index (χ1n) is 5.64. The lowest BCUT2D eigenvalue weighted by Crippen LogP contribution is -2.27. The summed E-state index contributed by atoms with van der Waals surface area (Å²) in [6.07, 6.45) is 2.03. The first-order valence-corrected chi connectivity index (χ1v) is 5.64. The van der Waals surface area contributed by atoms with Gasteiger partial charge in [-0.1, -0.05) is 6.07 Å². The second-order valence-electron chi connectivity index (χ2n) is 4.26. The summed E-state index contributed by atoms with van der Waals surface area (Å²) in [5.74, 6) is -0.106. The third-order valence-electron chi connectivity index (χ3n) is 3.05. The number of nitro groups is 1. The molecule has 0 atom stereocenters. The van der Waals surface area contributed by atoms with Gasteiger partial charge in [0.1, 0.15) is 0 Å². The molecular weight excluding hydrogens is 220 g/mol. The minimum absolute atomic E-state index is 0.00930. The number of rotatable bonds is 2. The van der Waals surface area contributed by atoms with Gasteiger partial charge in [0.25, 0.3) is 11.6 Å². The molecule has 1 aromatic carbocycles. The van der Waals surface area contributed by atoms with Crippen molar-refractivity contribution in [1.82, 2.24) is 4.90 Å². The molecule has 0 saturated carbocycles. The van der Waals surface area contributed by atoms with E-state index in [-0.39, 0.29) is 11.6 Å². The number of nitro benzene ring substituents is 1. The van der Waals surface area contributed by atoms with Crippen LogP contribution in [0.2, 0.25) is 0 Å². The van der Waals surface area contributed by atoms with E-state index in [2.05, 4.69) is 0 Å². The van der Waals surface area contributed by atoms with Crippen molar-refractivity contribution in [2.75, 3.05) is 13.1 Å². The Morgan fingerprint density at radius 3 is 2.59 bits per heavy atom. The van der Waals surface area contributed by atoms with Gasteiger partial charge in [-0.15, -0.1) is 0 Å². The molecule has 0 aromatic heterocycles. The molecule has 5 nitrogen and oxygen atoms in total. The maximum absolute atomic E-state index is 12.0. The normalized spacial score (nSPS) is 15.0. The molecule has 0 aliphatic carbocycles. The van der Waals surface area contributed by atoms with Crippen LogP contribution in [0.3, 0.4) is 0 Å². The van der Waals surface area contributed by atoms with Crippen LogP contribution in [-0.2, 0) is 0 Å². The number of benzene rings is 1. The second-order valence-corrected chi connectivity index (χ2v) is 4.26. The topological polar surface area (TPSA) is 63.5 Å². The predicted molar refractivity (Wildman–Crippen MR) is 63.0 cm³/mol. The Balaban J connectivity index is 2.29. The molecule has 1 amide bonds. The van der Waals surface area contributed by atoms with Crippen LogP contribution in [-0.4, -0.2) is 28.8 Å². The Morgan fingerprint density at radius 2 is 2.00 bits per heavy atom. The molecular formula is C12H14N2O3. The van der Waals surface area contributed by atoms with Gasteiger partial charge in [0.05, 0.1) is 4.92 Å². The lowest BCUT2D eigenvalue weighted by molar-refractivity contribution is -0.385. The third kappa shape index (κ3) is 2.27. The van der Waals surface area contributed by atoms with Gasteiger partial charge < -0.3 is 4.90 Å². The van der Waals surface area contributed by atoms with Crippen LogP contribution >= 0.6 is 0 Å². The number of nitrogens with zero attached hydrogens (tertiary/aromatic N) is 2. The van der Waals surface area contributed by atoms with Gasteiger partial charge in [-0.25, -0.2) is 0 Å². The van der Waals surface area contributed by atoms with E-state index in [1.165, 1.54) is 6.07 Å². The smallest absolute Gasteiger partial charge is 0.273 e. The highest BCUT2D eigenvalue weighted by atomic mass is 16.6. The SMILES string of the molecule is Cc1ccc(C(=O)N2CCCC2)cc1[N+](=O)[O-]. The van der Waals surface area contributed by atoms with Gasteiger partial charge in [-0.3, -0.25) is 14.9 Å². The zero-order chi connectivity index (χ0) is 12.4. The molecule has 1 aromatic rings. The van der Waals surface area contributed by atoms with Crippen LogP contribution in [0.1, 0.15) is 28.8 Å². The molecule has 0 bridgehead atoms. The van der Waals surface area contributed by atoms with E-state index in [1.807, 2.05) is 0 Å². The summed E-state index contributed by atoms with van der Waals surface area (Å²) in [6, 6.07) is 4.65. The summed E-state index contributed by atoms with van der Waals surface area (Å²) in [6.45, 7) is 3.17. The van der Waals surface area contributed by atoms with Gasteiger partial charge in [-0.2, -0.15) is 0 Å². The Hall–Kier alpha value is -1.91. The van der Waals surface area contributed by atoms with Crippen molar-refractivity contribution >= 4 is 11.6 Å². The summed E-state index contributed by atoms with van der Waals surface area (Å²) < 4.78 is 0. The summed E-state index contributed by atoms with van der Waals surface area (Å²) in [4.78, 5) is 24.1. The Labute approximate surface area is 99.2 Å². The molecule has 1 aliphatic heterocycles. The fourth-order valence-electron chi connectivity index (χ4n) is 2.04. The largest absolute Gasteiger partial charge is 0.339 e. The summed E-state index contributed by atoms with van der Waals surface area (Å²) in [5.41, 5.74) is 0.993. The van der Waals surface area contributed by atoms with E-state index in [0.717, 1.165) is 25.9 Å². The van der Waals surface area contributed by atoms with Crippen LogP contribution in [0.5, 0.6) is 0 Å². The third-order valence-corrected chi connectivity index (χ3v) is 3.05. The molecule has 5 heteroatoms.